The molecule has 0 saturated heterocycles. The summed E-state index contributed by atoms with van der Waals surface area (Å²) in [7, 11) is 0. The lowest BCUT2D eigenvalue weighted by Crippen LogP contribution is -2.32. The number of hydrogen-bond acceptors (Lipinski definition) is 4. The fourth-order valence-corrected chi connectivity index (χ4v) is 3.37. The molecule has 0 aliphatic rings. The van der Waals surface area contributed by atoms with E-state index in [4.69, 9.17) is 4.42 Å². The maximum Gasteiger partial charge on any atom is 0.416 e. The summed E-state index contributed by atoms with van der Waals surface area (Å²) >= 11 is 0. The second kappa shape index (κ2) is 10.7. The average Bonchev–Trinajstić information content (AvgIpc) is 3.27. The minimum atomic E-state index is -4.38. The highest BCUT2D eigenvalue weighted by Crippen LogP contribution is 2.30. The van der Waals surface area contributed by atoms with Gasteiger partial charge in [0.25, 0.3) is 5.91 Å². The van der Waals surface area contributed by atoms with Crippen molar-refractivity contribution in [2.24, 2.45) is 0 Å². The maximum absolute atomic E-state index is 12.9. The summed E-state index contributed by atoms with van der Waals surface area (Å²) in [6.45, 7) is 6.56. The van der Waals surface area contributed by atoms with Gasteiger partial charge >= 0.3 is 6.18 Å². The number of rotatable bonds is 9. The molecule has 0 spiro atoms. The Kier molecular flexibility index (Phi) is 7.92. The lowest BCUT2D eigenvalue weighted by Gasteiger charge is -2.28. The first-order chi connectivity index (χ1) is 15.7. The van der Waals surface area contributed by atoms with Crippen molar-refractivity contribution in [2.45, 2.75) is 58.5 Å². The van der Waals surface area contributed by atoms with Gasteiger partial charge in [0.15, 0.2) is 5.69 Å². The zero-order valence-corrected chi connectivity index (χ0v) is 18.9. The largest absolute Gasteiger partial charge is 0.447 e. The summed E-state index contributed by atoms with van der Waals surface area (Å²) < 4.78 is 44.3. The van der Waals surface area contributed by atoms with Crippen LogP contribution >= 0.6 is 0 Å². The molecule has 0 fully saturated rings. The molecule has 0 aliphatic heterocycles. The number of halogens is 3. The normalized spacial score (nSPS) is 13.7. The lowest BCUT2D eigenvalue weighted by molar-refractivity contribution is -0.137. The molecule has 0 unspecified atom stereocenters. The van der Waals surface area contributed by atoms with Crippen LogP contribution in [0.3, 0.4) is 0 Å². The zero-order chi connectivity index (χ0) is 24.0. The first kappa shape index (κ1) is 24.5. The van der Waals surface area contributed by atoms with Crippen LogP contribution in [0.1, 0.15) is 66.3 Å². The number of hydrogen-bond donors (Lipinski definition) is 1. The fourth-order valence-electron chi connectivity index (χ4n) is 3.37. The van der Waals surface area contributed by atoms with Gasteiger partial charge < -0.3 is 9.73 Å². The minimum Gasteiger partial charge on any atom is -0.447 e. The fraction of sp³-hybridized carbons (Fsp3) is 0.360. The first-order valence-electron chi connectivity index (χ1n) is 10.9. The number of nitrogens with one attached hydrogen (secondary N) is 1. The molecule has 33 heavy (non-hydrogen) atoms. The van der Waals surface area contributed by atoms with Gasteiger partial charge in [0.1, 0.15) is 6.26 Å². The molecule has 1 N–H and O–H groups in total. The molecule has 0 bridgehead atoms. The van der Waals surface area contributed by atoms with Crippen LogP contribution in [-0.4, -0.2) is 21.8 Å². The summed E-state index contributed by atoms with van der Waals surface area (Å²) in [5, 5.41) is 2.85. The maximum atomic E-state index is 12.9. The molecule has 0 aliphatic carbocycles. The highest BCUT2D eigenvalue weighted by molar-refractivity contribution is 5.92. The Morgan fingerprint density at radius 3 is 2.33 bits per heavy atom. The molecule has 3 aromatic rings. The zero-order valence-electron chi connectivity index (χ0n) is 18.9. The van der Waals surface area contributed by atoms with E-state index >= 15 is 0 Å². The number of carbonyl (C=O) groups excluding carboxylic acids is 1. The molecule has 176 valence electrons. The summed E-state index contributed by atoms with van der Waals surface area (Å²) in [6, 6.07) is 14.9. The van der Waals surface area contributed by atoms with Crippen LogP contribution in [0, 0.1) is 0 Å². The molecule has 1 heterocycles. The van der Waals surface area contributed by atoms with Gasteiger partial charge in [0, 0.05) is 18.6 Å². The minimum absolute atomic E-state index is 0.0203. The highest BCUT2D eigenvalue weighted by Gasteiger charge is 2.30. The van der Waals surface area contributed by atoms with Crippen LogP contribution in [-0.2, 0) is 19.3 Å². The number of nitrogens with zero attached hydrogens (tertiary/aromatic N) is 2. The van der Waals surface area contributed by atoms with Crippen LogP contribution in [0.5, 0.6) is 0 Å². The van der Waals surface area contributed by atoms with Crippen molar-refractivity contribution in [1.29, 1.82) is 0 Å². The lowest BCUT2D eigenvalue weighted by atomic mass is 10.1. The predicted molar refractivity (Wildman–Crippen MR) is 119 cm³/mol. The van der Waals surface area contributed by atoms with Crippen molar-refractivity contribution in [3.8, 4) is 0 Å². The Morgan fingerprint density at radius 1 is 1.06 bits per heavy atom. The van der Waals surface area contributed by atoms with Gasteiger partial charge in [0.05, 0.1) is 12.1 Å². The van der Waals surface area contributed by atoms with Crippen molar-refractivity contribution in [3.05, 3.63) is 89.1 Å². The van der Waals surface area contributed by atoms with Gasteiger partial charge in [-0.2, -0.15) is 13.2 Å². The standard InChI is InChI=1S/C25H28F3N3O2/c1-4-17(2)29-24(32)22-16-33-23(30-22)15-31(18(3)20-8-6-5-7-9-20)14-19-10-12-21(13-11-19)25(26,27)28/h5-13,16-18H,4,14-15H2,1-3H3,(H,29,32)/t17-,18+/m0/s1. The predicted octanol–water partition coefficient (Wildman–Crippen LogP) is 5.99. The van der Waals surface area contributed by atoms with E-state index in [1.54, 1.807) is 0 Å². The SMILES string of the molecule is CC[C@H](C)NC(=O)c1coc(CN(Cc2ccc(C(F)(F)F)cc2)[C@H](C)c2ccccc2)n1. The summed E-state index contributed by atoms with van der Waals surface area (Å²) in [4.78, 5) is 18.7. The van der Waals surface area contributed by atoms with Crippen molar-refractivity contribution in [2.75, 3.05) is 0 Å². The van der Waals surface area contributed by atoms with Crippen molar-refractivity contribution in [1.82, 2.24) is 15.2 Å². The molecule has 5 nitrogen and oxygen atoms in total. The number of oxazole rings is 1. The number of carbonyl (C=O) groups is 1. The van der Waals surface area contributed by atoms with Gasteiger partial charge in [-0.05, 0) is 43.5 Å². The topological polar surface area (TPSA) is 58.4 Å². The van der Waals surface area contributed by atoms with E-state index < -0.39 is 11.7 Å². The molecular formula is C25H28F3N3O2. The molecule has 8 heteroatoms. The monoisotopic (exact) mass is 459 g/mol. The Hall–Kier alpha value is -3.13. The number of benzene rings is 2. The van der Waals surface area contributed by atoms with Crippen LogP contribution in [0.4, 0.5) is 13.2 Å². The van der Waals surface area contributed by atoms with E-state index in [0.29, 0.717) is 12.4 Å². The molecular weight excluding hydrogens is 431 g/mol. The molecule has 0 saturated carbocycles. The first-order valence-corrected chi connectivity index (χ1v) is 10.9. The summed E-state index contributed by atoms with van der Waals surface area (Å²) in [5.74, 6) is 0.0590. The van der Waals surface area contributed by atoms with E-state index in [1.165, 1.54) is 18.4 Å². The van der Waals surface area contributed by atoms with Crippen molar-refractivity contribution in [3.63, 3.8) is 0 Å². The third-order valence-corrected chi connectivity index (χ3v) is 5.61. The summed E-state index contributed by atoms with van der Waals surface area (Å²) in [5.41, 5.74) is 1.29. The van der Waals surface area contributed by atoms with Crippen LogP contribution in [0.15, 0.2) is 65.3 Å². The molecule has 1 amide bonds. The number of amides is 1. The molecule has 3 rings (SSSR count). The number of aromatic nitrogens is 1. The highest BCUT2D eigenvalue weighted by atomic mass is 19.4. The Labute approximate surface area is 191 Å². The van der Waals surface area contributed by atoms with Gasteiger partial charge in [0.2, 0.25) is 5.89 Å². The molecule has 2 atom stereocenters. The van der Waals surface area contributed by atoms with Gasteiger partial charge in [-0.3, -0.25) is 9.69 Å². The van der Waals surface area contributed by atoms with E-state index in [1.807, 2.05) is 56.0 Å². The Bertz CT molecular complexity index is 1030. The van der Waals surface area contributed by atoms with Crippen molar-refractivity contribution >= 4 is 5.91 Å². The van der Waals surface area contributed by atoms with E-state index in [-0.39, 0.29) is 30.2 Å². The van der Waals surface area contributed by atoms with Gasteiger partial charge in [-0.15, -0.1) is 0 Å². The second-order valence-electron chi connectivity index (χ2n) is 8.10. The van der Waals surface area contributed by atoms with Crippen molar-refractivity contribution < 1.29 is 22.4 Å². The smallest absolute Gasteiger partial charge is 0.416 e. The Balaban J connectivity index is 1.80. The van der Waals surface area contributed by atoms with E-state index in [2.05, 4.69) is 10.3 Å². The van der Waals surface area contributed by atoms with Gasteiger partial charge in [-0.25, -0.2) is 4.98 Å². The third kappa shape index (κ3) is 6.68. The second-order valence-corrected chi connectivity index (χ2v) is 8.10. The molecule has 1 aromatic heterocycles. The Morgan fingerprint density at radius 2 is 1.73 bits per heavy atom. The van der Waals surface area contributed by atoms with Crippen LogP contribution in [0.25, 0.3) is 0 Å². The third-order valence-electron chi connectivity index (χ3n) is 5.61. The quantitative estimate of drug-likeness (QED) is 0.427. The average molecular weight is 460 g/mol. The number of alkyl halides is 3. The van der Waals surface area contributed by atoms with E-state index in [0.717, 1.165) is 29.7 Å². The van der Waals surface area contributed by atoms with Gasteiger partial charge in [-0.1, -0.05) is 49.4 Å². The van der Waals surface area contributed by atoms with Crippen LogP contribution in [0.2, 0.25) is 0 Å². The van der Waals surface area contributed by atoms with Crippen LogP contribution < -0.4 is 5.32 Å². The molecule has 2 aromatic carbocycles. The molecule has 0 radical (unpaired) electrons. The summed E-state index contributed by atoms with van der Waals surface area (Å²) in [6.07, 6.45) is -2.25. The van der Waals surface area contributed by atoms with E-state index in [9.17, 15) is 18.0 Å².